The molecule has 32 heavy (non-hydrogen) atoms. The number of carbonyl (C=O) groups excluding carboxylic acids is 1. The largest absolute Gasteiger partial charge is 0.493 e. The molecule has 0 bridgehead atoms. The molecule has 1 aromatic heterocycles. The molecule has 1 unspecified atom stereocenters. The topological polar surface area (TPSA) is 87.0 Å². The molecule has 170 valence electrons. The van der Waals surface area contributed by atoms with Gasteiger partial charge in [0.05, 0.1) is 37.9 Å². The second-order valence-corrected chi connectivity index (χ2v) is 8.60. The van der Waals surface area contributed by atoms with Crippen LogP contribution in [-0.2, 0) is 23.0 Å². The lowest BCUT2D eigenvalue weighted by Crippen LogP contribution is -2.25. The molecule has 0 aliphatic rings. The summed E-state index contributed by atoms with van der Waals surface area (Å²) in [7, 11) is 3.32. The van der Waals surface area contributed by atoms with Crippen LogP contribution in [0.1, 0.15) is 21.9 Å². The molecular formula is C23H24ClNO6S. The molecule has 0 fully saturated rings. The SMILES string of the molecule is COc1ccc(CCNC(=O)c2ccc(CS(=O)c3cccc(Cl)c3)o2)c(OC)c1OC. The highest BCUT2D eigenvalue weighted by Gasteiger charge is 2.17. The second-order valence-electron chi connectivity index (χ2n) is 6.71. The van der Waals surface area contributed by atoms with Crippen molar-refractivity contribution in [2.75, 3.05) is 27.9 Å². The standard InChI is InChI=1S/C23H24ClNO6S/c1-28-19-9-7-15(21(29-2)22(19)30-3)11-12-25-23(26)20-10-8-17(31-20)14-32(27)18-6-4-5-16(24)13-18/h4-10,13H,11-12,14H2,1-3H3,(H,25,26). The van der Waals surface area contributed by atoms with Crippen molar-refractivity contribution in [2.45, 2.75) is 17.1 Å². The highest BCUT2D eigenvalue weighted by molar-refractivity contribution is 7.84. The summed E-state index contributed by atoms with van der Waals surface area (Å²) in [6, 6.07) is 13.7. The fraction of sp³-hybridized carbons (Fsp3) is 0.261. The first-order valence-electron chi connectivity index (χ1n) is 9.75. The van der Waals surface area contributed by atoms with Gasteiger partial charge < -0.3 is 23.9 Å². The molecule has 1 N–H and O–H groups in total. The molecule has 2 aromatic carbocycles. The summed E-state index contributed by atoms with van der Waals surface area (Å²) < 4.78 is 34.2. The Balaban J connectivity index is 1.58. The van der Waals surface area contributed by atoms with Crippen LogP contribution < -0.4 is 19.5 Å². The lowest BCUT2D eigenvalue weighted by atomic mass is 10.1. The van der Waals surface area contributed by atoms with Crippen LogP contribution in [0, 0.1) is 0 Å². The molecule has 3 aromatic rings. The number of furan rings is 1. The number of methoxy groups -OCH3 is 3. The van der Waals surface area contributed by atoms with Crippen molar-refractivity contribution in [1.29, 1.82) is 0 Å². The monoisotopic (exact) mass is 477 g/mol. The van der Waals surface area contributed by atoms with E-state index in [4.69, 9.17) is 30.2 Å². The second kappa shape index (κ2) is 11.1. The predicted molar refractivity (Wildman–Crippen MR) is 122 cm³/mol. The van der Waals surface area contributed by atoms with Gasteiger partial charge in [0.15, 0.2) is 17.3 Å². The highest BCUT2D eigenvalue weighted by Crippen LogP contribution is 2.39. The van der Waals surface area contributed by atoms with Crippen LogP contribution in [0.4, 0.5) is 0 Å². The van der Waals surface area contributed by atoms with Crippen molar-refractivity contribution in [3.63, 3.8) is 0 Å². The van der Waals surface area contributed by atoms with Gasteiger partial charge in [-0.15, -0.1) is 0 Å². The van der Waals surface area contributed by atoms with E-state index < -0.39 is 10.8 Å². The zero-order valence-electron chi connectivity index (χ0n) is 18.0. The minimum Gasteiger partial charge on any atom is -0.493 e. The van der Waals surface area contributed by atoms with Crippen LogP contribution in [0.3, 0.4) is 0 Å². The normalized spacial score (nSPS) is 11.6. The highest BCUT2D eigenvalue weighted by atomic mass is 35.5. The smallest absolute Gasteiger partial charge is 0.287 e. The van der Waals surface area contributed by atoms with Crippen LogP contribution in [0.25, 0.3) is 0 Å². The van der Waals surface area contributed by atoms with Crippen LogP contribution in [0.2, 0.25) is 5.02 Å². The maximum atomic E-state index is 12.5. The lowest BCUT2D eigenvalue weighted by Gasteiger charge is -2.15. The summed E-state index contributed by atoms with van der Waals surface area (Å²) in [5, 5.41) is 3.33. The van der Waals surface area contributed by atoms with Crippen molar-refractivity contribution in [3.8, 4) is 17.2 Å². The molecular weight excluding hydrogens is 454 g/mol. The van der Waals surface area contributed by atoms with E-state index >= 15 is 0 Å². The number of benzene rings is 2. The third-order valence-electron chi connectivity index (χ3n) is 4.68. The minimum absolute atomic E-state index is 0.149. The first-order valence-corrected chi connectivity index (χ1v) is 11.4. The van der Waals surface area contributed by atoms with Crippen molar-refractivity contribution < 1.29 is 27.6 Å². The fourth-order valence-corrected chi connectivity index (χ4v) is 4.48. The van der Waals surface area contributed by atoms with E-state index in [0.29, 0.717) is 45.9 Å². The summed E-state index contributed by atoms with van der Waals surface area (Å²) in [4.78, 5) is 13.1. The number of rotatable bonds is 10. The minimum atomic E-state index is -1.33. The van der Waals surface area contributed by atoms with Crippen LogP contribution in [0.15, 0.2) is 57.8 Å². The van der Waals surface area contributed by atoms with E-state index in [1.807, 2.05) is 6.07 Å². The van der Waals surface area contributed by atoms with Crippen molar-refractivity contribution in [2.24, 2.45) is 0 Å². The predicted octanol–water partition coefficient (Wildman–Crippen LogP) is 4.24. The third-order valence-corrected chi connectivity index (χ3v) is 6.24. The Kier molecular flexibility index (Phi) is 8.19. The van der Waals surface area contributed by atoms with Gasteiger partial charge >= 0.3 is 0 Å². The summed E-state index contributed by atoms with van der Waals surface area (Å²) in [5.41, 5.74) is 0.863. The number of amides is 1. The van der Waals surface area contributed by atoms with Gasteiger partial charge in [-0.1, -0.05) is 23.7 Å². The Labute approximate surface area is 194 Å². The molecule has 0 aliphatic carbocycles. The van der Waals surface area contributed by atoms with E-state index in [1.165, 1.54) is 0 Å². The quantitative estimate of drug-likeness (QED) is 0.470. The Bertz CT molecular complexity index is 1110. The molecule has 0 spiro atoms. The molecule has 1 amide bonds. The summed E-state index contributed by atoms with van der Waals surface area (Å²) in [6.45, 7) is 0.356. The fourth-order valence-electron chi connectivity index (χ4n) is 3.16. The molecule has 1 atom stereocenters. The number of halogens is 1. The van der Waals surface area contributed by atoms with Gasteiger partial charge in [0, 0.05) is 22.0 Å². The van der Waals surface area contributed by atoms with Crippen molar-refractivity contribution >= 4 is 28.3 Å². The van der Waals surface area contributed by atoms with E-state index in [0.717, 1.165) is 5.56 Å². The van der Waals surface area contributed by atoms with Gasteiger partial charge in [-0.2, -0.15) is 0 Å². The lowest BCUT2D eigenvalue weighted by molar-refractivity contribution is 0.0925. The maximum Gasteiger partial charge on any atom is 0.287 e. The number of hydrogen-bond donors (Lipinski definition) is 1. The molecule has 7 nitrogen and oxygen atoms in total. The summed E-state index contributed by atoms with van der Waals surface area (Å²) in [5.74, 6) is 2.03. The Morgan fingerprint density at radius 3 is 2.50 bits per heavy atom. The first-order chi connectivity index (χ1) is 15.5. The molecule has 1 heterocycles. The molecule has 0 radical (unpaired) electrons. The number of nitrogens with one attached hydrogen (secondary N) is 1. The van der Waals surface area contributed by atoms with E-state index in [-0.39, 0.29) is 17.4 Å². The zero-order valence-corrected chi connectivity index (χ0v) is 19.5. The molecule has 0 saturated carbocycles. The number of carbonyl (C=O) groups is 1. The van der Waals surface area contributed by atoms with Gasteiger partial charge in [-0.25, -0.2) is 0 Å². The van der Waals surface area contributed by atoms with Crippen molar-refractivity contribution in [3.05, 3.63) is 70.6 Å². The molecule has 9 heteroatoms. The maximum absolute atomic E-state index is 12.5. The van der Waals surface area contributed by atoms with Gasteiger partial charge in [0.1, 0.15) is 5.76 Å². The molecule has 0 saturated heterocycles. The van der Waals surface area contributed by atoms with Gasteiger partial charge in [0.2, 0.25) is 5.75 Å². The average Bonchev–Trinajstić information content (AvgIpc) is 3.26. The van der Waals surface area contributed by atoms with Gasteiger partial charge in [-0.3, -0.25) is 9.00 Å². The van der Waals surface area contributed by atoms with Crippen LogP contribution in [-0.4, -0.2) is 38.0 Å². The van der Waals surface area contributed by atoms with Gasteiger partial charge in [-0.05, 0) is 42.8 Å². The van der Waals surface area contributed by atoms with Gasteiger partial charge in [0.25, 0.3) is 5.91 Å². The van der Waals surface area contributed by atoms with Crippen molar-refractivity contribution in [1.82, 2.24) is 5.32 Å². The Morgan fingerprint density at radius 2 is 1.81 bits per heavy atom. The van der Waals surface area contributed by atoms with E-state index in [1.54, 1.807) is 63.8 Å². The van der Waals surface area contributed by atoms with E-state index in [2.05, 4.69) is 5.32 Å². The third kappa shape index (κ3) is 5.63. The number of hydrogen-bond acceptors (Lipinski definition) is 6. The Hall–Kier alpha value is -2.97. The summed E-state index contributed by atoms with van der Waals surface area (Å²) >= 11 is 5.95. The average molecular weight is 478 g/mol. The number of ether oxygens (including phenoxy) is 3. The van der Waals surface area contributed by atoms with E-state index in [9.17, 15) is 9.00 Å². The molecule has 3 rings (SSSR count). The molecule has 0 aliphatic heterocycles. The first kappa shape index (κ1) is 23.7. The van der Waals surface area contributed by atoms with Crippen LogP contribution in [0.5, 0.6) is 17.2 Å². The van der Waals surface area contributed by atoms with Crippen LogP contribution >= 0.6 is 11.6 Å². The Morgan fingerprint density at radius 1 is 1.03 bits per heavy atom. The summed E-state index contributed by atoms with van der Waals surface area (Å²) in [6.07, 6.45) is 0.515. The zero-order chi connectivity index (χ0) is 23.1.